The Labute approximate surface area is 164 Å². The number of benzene rings is 3. The van der Waals surface area contributed by atoms with Crippen LogP contribution in [0.2, 0.25) is 0 Å². The van der Waals surface area contributed by atoms with Gasteiger partial charge in [0.1, 0.15) is 11.3 Å². The third-order valence-corrected chi connectivity index (χ3v) is 4.85. The molecular weight excluding hydrogens is 348 g/mol. The van der Waals surface area contributed by atoms with Gasteiger partial charge >= 0.3 is 0 Å². The van der Waals surface area contributed by atoms with Crippen molar-refractivity contribution in [3.8, 4) is 0 Å². The summed E-state index contributed by atoms with van der Waals surface area (Å²) in [4.78, 5) is 19.6. The van der Waals surface area contributed by atoms with Crippen LogP contribution < -0.4 is 4.90 Å². The van der Waals surface area contributed by atoms with Gasteiger partial charge in [-0.15, -0.1) is 0 Å². The number of amides is 1. The van der Waals surface area contributed by atoms with E-state index in [1.165, 1.54) is 4.90 Å². The number of carbonyl (C=O) groups excluding carboxylic acids is 1. The fraction of sp³-hybridized carbons (Fsp3) is 0.0833. The fourth-order valence-electron chi connectivity index (χ4n) is 3.28. The summed E-state index contributed by atoms with van der Waals surface area (Å²) in [6, 6.07) is 24.5. The number of anilines is 1. The van der Waals surface area contributed by atoms with Crippen molar-refractivity contribution < 1.29 is 9.90 Å². The van der Waals surface area contributed by atoms with Gasteiger partial charge in [0.15, 0.2) is 0 Å². The van der Waals surface area contributed by atoms with Crippen LogP contribution in [-0.4, -0.2) is 23.8 Å². The molecule has 0 fully saturated rings. The van der Waals surface area contributed by atoms with E-state index in [2.05, 4.69) is 0 Å². The predicted octanol–water partition coefficient (Wildman–Crippen LogP) is 5.06. The molecule has 1 aliphatic rings. The molecule has 0 aromatic heterocycles. The first-order chi connectivity index (χ1) is 13.6. The SMILES string of the molecule is Cc1ccc(N=C2C(C(=O)N(C)c3ccccc3)=C(O)c3ccccc32)cc1. The van der Waals surface area contributed by atoms with Crippen molar-refractivity contribution in [1.82, 2.24) is 0 Å². The van der Waals surface area contributed by atoms with Gasteiger partial charge in [-0.3, -0.25) is 4.79 Å². The van der Waals surface area contributed by atoms with Crippen molar-refractivity contribution in [3.63, 3.8) is 0 Å². The zero-order chi connectivity index (χ0) is 19.7. The molecule has 28 heavy (non-hydrogen) atoms. The van der Waals surface area contributed by atoms with E-state index >= 15 is 0 Å². The normalized spacial score (nSPS) is 14.3. The van der Waals surface area contributed by atoms with Gasteiger partial charge in [0.2, 0.25) is 0 Å². The van der Waals surface area contributed by atoms with E-state index < -0.39 is 0 Å². The molecule has 0 atom stereocenters. The smallest absolute Gasteiger partial charge is 0.264 e. The molecule has 138 valence electrons. The summed E-state index contributed by atoms with van der Waals surface area (Å²) in [6.07, 6.45) is 0. The zero-order valence-electron chi connectivity index (χ0n) is 15.8. The lowest BCUT2D eigenvalue weighted by Crippen LogP contribution is -2.30. The van der Waals surface area contributed by atoms with Crippen LogP contribution >= 0.6 is 0 Å². The Balaban J connectivity index is 1.83. The number of aliphatic hydroxyl groups is 1. The minimum Gasteiger partial charge on any atom is -0.506 e. The van der Waals surface area contributed by atoms with Crippen LogP contribution in [0.25, 0.3) is 5.76 Å². The molecule has 0 spiro atoms. The summed E-state index contributed by atoms with van der Waals surface area (Å²) in [5, 5.41) is 10.9. The van der Waals surface area contributed by atoms with E-state index in [4.69, 9.17) is 4.99 Å². The van der Waals surface area contributed by atoms with E-state index in [1.54, 1.807) is 13.1 Å². The minimum atomic E-state index is -0.300. The molecule has 0 saturated carbocycles. The number of likely N-dealkylation sites (N-methyl/N-ethyl adjacent to an activating group) is 1. The molecule has 0 aliphatic heterocycles. The van der Waals surface area contributed by atoms with E-state index in [1.807, 2.05) is 79.7 Å². The predicted molar refractivity (Wildman–Crippen MR) is 113 cm³/mol. The summed E-state index contributed by atoms with van der Waals surface area (Å²) in [7, 11) is 1.70. The van der Waals surface area contributed by atoms with E-state index in [-0.39, 0.29) is 17.2 Å². The van der Waals surface area contributed by atoms with Crippen molar-refractivity contribution in [2.75, 3.05) is 11.9 Å². The zero-order valence-corrected chi connectivity index (χ0v) is 15.8. The Morgan fingerprint density at radius 3 is 2.14 bits per heavy atom. The number of aryl methyl sites for hydroxylation is 1. The number of aliphatic hydroxyl groups excluding tert-OH is 1. The topological polar surface area (TPSA) is 52.9 Å². The molecule has 4 nitrogen and oxygen atoms in total. The molecule has 1 aliphatic carbocycles. The van der Waals surface area contributed by atoms with E-state index in [0.717, 1.165) is 22.5 Å². The number of rotatable bonds is 3. The number of nitrogens with zero attached hydrogens (tertiary/aromatic N) is 2. The minimum absolute atomic E-state index is 0.0331. The Hall–Kier alpha value is -3.66. The molecule has 4 heteroatoms. The van der Waals surface area contributed by atoms with Gasteiger partial charge in [0.05, 0.1) is 11.4 Å². The van der Waals surface area contributed by atoms with Crippen molar-refractivity contribution in [2.24, 2.45) is 4.99 Å². The molecule has 3 aromatic carbocycles. The van der Waals surface area contributed by atoms with Crippen LogP contribution in [0.15, 0.2) is 89.4 Å². The maximum absolute atomic E-state index is 13.3. The number of hydrogen-bond donors (Lipinski definition) is 1. The van der Waals surface area contributed by atoms with Crippen LogP contribution in [0.4, 0.5) is 11.4 Å². The van der Waals surface area contributed by atoms with Crippen molar-refractivity contribution in [3.05, 3.63) is 101 Å². The highest BCUT2D eigenvalue weighted by atomic mass is 16.3. The maximum Gasteiger partial charge on any atom is 0.264 e. The summed E-state index contributed by atoms with van der Waals surface area (Å²) < 4.78 is 0. The van der Waals surface area contributed by atoms with Gasteiger partial charge in [-0.05, 0) is 31.2 Å². The monoisotopic (exact) mass is 368 g/mol. The lowest BCUT2D eigenvalue weighted by molar-refractivity contribution is -0.114. The molecule has 3 aromatic rings. The maximum atomic E-state index is 13.3. The van der Waals surface area contributed by atoms with Gasteiger partial charge in [0.25, 0.3) is 5.91 Å². The van der Waals surface area contributed by atoms with Crippen molar-refractivity contribution in [1.29, 1.82) is 0 Å². The average molecular weight is 368 g/mol. The second-order valence-electron chi connectivity index (χ2n) is 6.76. The highest BCUT2D eigenvalue weighted by Gasteiger charge is 2.34. The van der Waals surface area contributed by atoms with Crippen LogP contribution in [0, 0.1) is 6.92 Å². The Morgan fingerprint density at radius 1 is 0.857 bits per heavy atom. The van der Waals surface area contributed by atoms with Gasteiger partial charge in [-0.1, -0.05) is 60.2 Å². The summed E-state index contributed by atoms with van der Waals surface area (Å²) in [6.45, 7) is 2.01. The van der Waals surface area contributed by atoms with Crippen molar-refractivity contribution in [2.45, 2.75) is 6.92 Å². The Bertz CT molecular complexity index is 1100. The van der Waals surface area contributed by atoms with Gasteiger partial charge < -0.3 is 10.0 Å². The number of fused-ring (bicyclic) bond motifs is 1. The summed E-state index contributed by atoms with van der Waals surface area (Å²) in [5.41, 5.74) is 4.70. The van der Waals surface area contributed by atoms with Gasteiger partial charge in [-0.2, -0.15) is 0 Å². The number of carbonyl (C=O) groups is 1. The first-order valence-electron chi connectivity index (χ1n) is 9.08. The van der Waals surface area contributed by atoms with Crippen LogP contribution in [0.1, 0.15) is 16.7 Å². The molecule has 4 rings (SSSR count). The van der Waals surface area contributed by atoms with Crippen LogP contribution in [0.3, 0.4) is 0 Å². The molecule has 1 N–H and O–H groups in total. The van der Waals surface area contributed by atoms with Crippen LogP contribution in [0.5, 0.6) is 0 Å². The second-order valence-corrected chi connectivity index (χ2v) is 6.76. The molecule has 1 amide bonds. The molecule has 0 heterocycles. The lowest BCUT2D eigenvalue weighted by atomic mass is 10.1. The Morgan fingerprint density at radius 2 is 1.46 bits per heavy atom. The average Bonchev–Trinajstić information content (AvgIpc) is 3.01. The Kier molecular flexibility index (Phi) is 4.53. The largest absolute Gasteiger partial charge is 0.506 e. The molecule has 0 radical (unpaired) electrons. The number of para-hydroxylation sites is 1. The number of hydrogen-bond acceptors (Lipinski definition) is 3. The van der Waals surface area contributed by atoms with Gasteiger partial charge in [-0.25, -0.2) is 4.99 Å². The van der Waals surface area contributed by atoms with Gasteiger partial charge in [0, 0.05) is 23.9 Å². The number of aliphatic imine (C=N–C) groups is 1. The fourth-order valence-corrected chi connectivity index (χ4v) is 3.28. The van der Waals surface area contributed by atoms with Crippen LogP contribution in [-0.2, 0) is 4.79 Å². The van der Waals surface area contributed by atoms with E-state index in [0.29, 0.717) is 11.3 Å². The highest BCUT2D eigenvalue weighted by Crippen LogP contribution is 2.34. The highest BCUT2D eigenvalue weighted by molar-refractivity contribution is 6.38. The molecular formula is C24H20N2O2. The second kappa shape index (κ2) is 7.16. The quantitative estimate of drug-likeness (QED) is 0.702. The molecule has 0 saturated heterocycles. The third kappa shape index (κ3) is 3.09. The molecule has 0 bridgehead atoms. The van der Waals surface area contributed by atoms with Crippen molar-refractivity contribution >= 4 is 28.8 Å². The molecule has 0 unspecified atom stereocenters. The summed E-state index contributed by atoms with van der Waals surface area (Å²) in [5.74, 6) is -0.333. The lowest BCUT2D eigenvalue weighted by Gasteiger charge is -2.18. The first kappa shape index (κ1) is 17.7. The first-order valence-corrected chi connectivity index (χ1v) is 9.08. The van der Waals surface area contributed by atoms with E-state index in [9.17, 15) is 9.90 Å². The standard InChI is InChI=1S/C24H20N2O2/c1-16-12-14-17(15-13-16)25-22-19-10-6-7-11-20(19)23(27)21(22)24(28)26(2)18-8-4-3-5-9-18/h3-15,27H,1-2H3. The third-order valence-electron chi connectivity index (χ3n) is 4.85. The summed E-state index contributed by atoms with van der Waals surface area (Å²) >= 11 is 0.